The van der Waals surface area contributed by atoms with Crippen LogP contribution in [0.1, 0.15) is 21.6 Å². The number of benzene rings is 3. The van der Waals surface area contributed by atoms with Crippen LogP contribution in [-0.4, -0.2) is 10.5 Å². The first-order chi connectivity index (χ1) is 16.2. The van der Waals surface area contributed by atoms with E-state index in [-0.39, 0.29) is 11.3 Å². The molecule has 0 aliphatic carbocycles. The molecule has 3 aromatic carbocycles. The minimum Gasteiger partial charge on any atom is -0.312 e. The van der Waals surface area contributed by atoms with E-state index in [1.165, 1.54) is 18.2 Å². The molecule has 0 spiro atoms. The van der Waals surface area contributed by atoms with Crippen LogP contribution in [0.2, 0.25) is 10.0 Å². The number of hydrogen-bond acceptors (Lipinski definition) is 2. The number of carbonyl (C=O) groups is 1. The summed E-state index contributed by atoms with van der Waals surface area (Å²) < 4.78 is 41.7. The highest BCUT2D eigenvalue weighted by Crippen LogP contribution is 2.35. The van der Waals surface area contributed by atoms with E-state index >= 15 is 0 Å². The average Bonchev–Trinajstić information content (AvgIpc) is 3.15. The Labute approximate surface area is 203 Å². The standard InChI is InChI=1S/C25H18Cl2F3N3O/c1-15-18(24(34)32-31-21-8-4-2-6-19(21)25(28,29)30)14-23(16-10-12-17(26)13-11-16)33(15)22-9-5-3-7-20(22)27/h2-14,31H,1H3,(H,32,34). The van der Waals surface area contributed by atoms with Gasteiger partial charge in [-0.15, -0.1) is 0 Å². The van der Waals surface area contributed by atoms with E-state index in [1.54, 1.807) is 37.3 Å². The molecule has 9 heteroatoms. The number of nitrogens with zero attached hydrogens (tertiary/aromatic N) is 1. The summed E-state index contributed by atoms with van der Waals surface area (Å²) in [5.74, 6) is -0.601. The maximum Gasteiger partial charge on any atom is 0.418 e. The Bertz CT molecular complexity index is 1350. The van der Waals surface area contributed by atoms with E-state index in [4.69, 9.17) is 23.2 Å². The summed E-state index contributed by atoms with van der Waals surface area (Å²) >= 11 is 12.5. The maximum atomic E-state index is 13.3. The van der Waals surface area contributed by atoms with Gasteiger partial charge in [0.2, 0.25) is 0 Å². The fourth-order valence-corrected chi connectivity index (χ4v) is 3.99. The van der Waals surface area contributed by atoms with Gasteiger partial charge in [0.05, 0.1) is 33.2 Å². The number of alkyl halides is 3. The van der Waals surface area contributed by atoms with Crippen LogP contribution >= 0.6 is 23.2 Å². The summed E-state index contributed by atoms with van der Waals surface area (Å²) in [7, 11) is 0. The lowest BCUT2D eigenvalue weighted by Gasteiger charge is -2.15. The van der Waals surface area contributed by atoms with E-state index in [2.05, 4.69) is 10.9 Å². The van der Waals surface area contributed by atoms with Gasteiger partial charge in [-0.1, -0.05) is 59.6 Å². The Morgan fingerprint density at radius 2 is 1.56 bits per heavy atom. The van der Waals surface area contributed by atoms with Gasteiger partial charge in [-0.05, 0) is 55.0 Å². The van der Waals surface area contributed by atoms with Crippen molar-refractivity contribution < 1.29 is 18.0 Å². The van der Waals surface area contributed by atoms with Crippen molar-refractivity contribution in [1.82, 2.24) is 9.99 Å². The quantitative estimate of drug-likeness (QED) is 0.276. The van der Waals surface area contributed by atoms with E-state index < -0.39 is 17.6 Å². The fourth-order valence-electron chi connectivity index (χ4n) is 3.64. The molecule has 0 unspecified atom stereocenters. The molecule has 1 aromatic heterocycles. The summed E-state index contributed by atoms with van der Waals surface area (Å²) in [5.41, 5.74) is 6.56. The van der Waals surface area contributed by atoms with Gasteiger partial charge in [0, 0.05) is 10.7 Å². The third kappa shape index (κ3) is 4.76. The number of rotatable bonds is 5. The largest absolute Gasteiger partial charge is 0.418 e. The normalized spacial score (nSPS) is 11.4. The molecule has 0 saturated carbocycles. The maximum absolute atomic E-state index is 13.3. The second-order valence-electron chi connectivity index (χ2n) is 7.44. The molecule has 2 N–H and O–H groups in total. The van der Waals surface area contributed by atoms with Gasteiger partial charge in [-0.2, -0.15) is 13.2 Å². The zero-order valence-corrected chi connectivity index (χ0v) is 19.3. The predicted molar refractivity (Wildman–Crippen MR) is 128 cm³/mol. The topological polar surface area (TPSA) is 46.1 Å². The van der Waals surface area contributed by atoms with Gasteiger partial charge in [0.25, 0.3) is 5.91 Å². The highest BCUT2D eigenvalue weighted by Gasteiger charge is 2.33. The highest BCUT2D eigenvalue weighted by atomic mass is 35.5. The molecule has 1 amide bonds. The summed E-state index contributed by atoms with van der Waals surface area (Å²) in [4.78, 5) is 13.0. The third-order valence-corrected chi connectivity index (χ3v) is 5.84. The molecular weight excluding hydrogens is 486 g/mol. The summed E-state index contributed by atoms with van der Waals surface area (Å²) in [6, 6.07) is 20.8. The lowest BCUT2D eigenvalue weighted by molar-refractivity contribution is -0.137. The monoisotopic (exact) mass is 503 g/mol. The second kappa shape index (κ2) is 9.44. The number of anilines is 1. The van der Waals surface area contributed by atoms with E-state index in [1.807, 2.05) is 28.8 Å². The second-order valence-corrected chi connectivity index (χ2v) is 8.29. The zero-order chi connectivity index (χ0) is 24.5. The first kappa shape index (κ1) is 23.7. The van der Waals surface area contributed by atoms with Crippen LogP contribution in [0.25, 0.3) is 16.9 Å². The van der Waals surface area contributed by atoms with Crippen LogP contribution in [0.15, 0.2) is 78.9 Å². The summed E-state index contributed by atoms with van der Waals surface area (Å²) in [6.07, 6.45) is -4.57. The van der Waals surface area contributed by atoms with Crippen molar-refractivity contribution in [2.75, 3.05) is 5.43 Å². The average molecular weight is 504 g/mol. The zero-order valence-electron chi connectivity index (χ0n) is 17.8. The molecule has 0 radical (unpaired) electrons. The molecule has 34 heavy (non-hydrogen) atoms. The molecule has 0 atom stereocenters. The SMILES string of the molecule is Cc1c(C(=O)NNc2ccccc2C(F)(F)F)cc(-c2ccc(Cl)cc2)n1-c1ccccc1Cl. The van der Waals surface area contributed by atoms with E-state index in [0.717, 1.165) is 11.6 Å². The number of amides is 1. The number of halogens is 5. The Kier molecular flexibility index (Phi) is 6.59. The Morgan fingerprint density at radius 1 is 0.912 bits per heavy atom. The van der Waals surface area contributed by atoms with Crippen molar-refractivity contribution in [2.45, 2.75) is 13.1 Å². The van der Waals surface area contributed by atoms with Crippen molar-refractivity contribution >= 4 is 34.8 Å². The van der Waals surface area contributed by atoms with Crippen LogP contribution in [0.3, 0.4) is 0 Å². The molecule has 0 fully saturated rings. The van der Waals surface area contributed by atoms with Crippen LogP contribution in [-0.2, 0) is 6.18 Å². The molecular formula is C25H18Cl2F3N3O. The van der Waals surface area contributed by atoms with Crippen molar-refractivity contribution in [3.8, 4) is 16.9 Å². The number of aromatic nitrogens is 1. The third-order valence-electron chi connectivity index (χ3n) is 5.27. The first-order valence-corrected chi connectivity index (χ1v) is 10.9. The Morgan fingerprint density at radius 3 is 2.24 bits per heavy atom. The molecule has 4 aromatic rings. The summed E-state index contributed by atoms with van der Waals surface area (Å²) in [5, 5.41) is 1.03. The van der Waals surface area contributed by atoms with E-state index in [0.29, 0.717) is 27.1 Å². The van der Waals surface area contributed by atoms with E-state index in [9.17, 15) is 18.0 Å². The molecule has 0 bridgehead atoms. The molecule has 0 aliphatic rings. The minimum absolute atomic E-state index is 0.260. The van der Waals surface area contributed by atoms with Crippen LogP contribution in [0, 0.1) is 6.92 Å². The number of hydrazine groups is 1. The number of para-hydroxylation sites is 2. The smallest absolute Gasteiger partial charge is 0.312 e. The molecule has 4 nitrogen and oxygen atoms in total. The lowest BCUT2D eigenvalue weighted by atomic mass is 10.1. The van der Waals surface area contributed by atoms with Crippen LogP contribution < -0.4 is 10.9 Å². The molecule has 0 saturated heterocycles. The Balaban J connectivity index is 1.73. The van der Waals surface area contributed by atoms with Gasteiger partial charge in [0.1, 0.15) is 0 Å². The molecule has 174 valence electrons. The number of carbonyl (C=O) groups excluding carboxylic acids is 1. The fraction of sp³-hybridized carbons (Fsp3) is 0.0800. The van der Waals surface area contributed by atoms with Crippen molar-refractivity contribution in [2.24, 2.45) is 0 Å². The summed E-state index contributed by atoms with van der Waals surface area (Å²) in [6.45, 7) is 1.74. The minimum atomic E-state index is -4.57. The molecule has 1 heterocycles. The van der Waals surface area contributed by atoms with Crippen molar-refractivity contribution in [3.63, 3.8) is 0 Å². The van der Waals surface area contributed by atoms with Gasteiger partial charge in [-0.3, -0.25) is 15.6 Å². The predicted octanol–water partition coefficient (Wildman–Crippen LogP) is 7.54. The van der Waals surface area contributed by atoms with Crippen molar-refractivity contribution in [1.29, 1.82) is 0 Å². The van der Waals surface area contributed by atoms with Crippen molar-refractivity contribution in [3.05, 3.63) is 106 Å². The van der Waals surface area contributed by atoms with Gasteiger partial charge >= 0.3 is 6.18 Å². The Hall–Kier alpha value is -3.42. The lowest BCUT2D eigenvalue weighted by Crippen LogP contribution is -2.30. The molecule has 0 aliphatic heterocycles. The van der Waals surface area contributed by atoms with Crippen LogP contribution in [0.4, 0.5) is 18.9 Å². The highest BCUT2D eigenvalue weighted by molar-refractivity contribution is 6.32. The van der Waals surface area contributed by atoms with Gasteiger partial charge in [0.15, 0.2) is 0 Å². The van der Waals surface area contributed by atoms with Crippen LogP contribution in [0.5, 0.6) is 0 Å². The van der Waals surface area contributed by atoms with Gasteiger partial charge < -0.3 is 4.57 Å². The number of hydrogen-bond donors (Lipinski definition) is 2. The molecule has 4 rings (SSSR count). The van der Waals surface area contributed by atoms with Gasteiger partial charge in [-0.25, -0.2) is 0 Å². The first-order valence-electron chi connectivity index (χ1n) is 10.1. The number of nitrogens with one attached hydrogen (secondary N) is 2.